The van der Waals surface area contributed by atoms with Crippen LogP contribution in [-0.2, 0) is 11.3 Å². The molecule has 1 amide bonds. The minimum absolute atomic E-state index is 0.227. The number of aromatic hydroxyl groups is 1. The van der Waals surface area contributed by atoms with Crippen molar-refractivity contribution in [2.45, 2.75) is 6.54 Å². The Bertz CT molecular complexity index is 636. The highest BCUT2D eigenvalue weighted by molar-refractivity contribution is 6.17. The highest BCUT2D eigenvalue weighted by Gasteiger charge is 2.05. The van der Waals surface area contributed by atoms with E-state index in [9.17, 15) is 9.90 Å². The number of hydrogen-bond acceptors (Lipinski definition) is 4. The molecule has 2 rings (SSSR count). The van der Waals surface area contributed by atoms with Gasteiger partial charge in [0, 0.05) is 23.9 Å². The summed E-state index contributed by atoms with van der Waals surface area (Å²) in [5.74, 6) is 0.326. The molecule has 0 radical (unpaired) electrons. The standard InChI is InChI=1S/C15H15N3O2/c1-10(15(16)20)12-5-6-14(18-9-12)17-8-11-3-2-4-13(19)7-11/h2-7,9,19H,1,8H2,(H2,16,20)(H,17,18). The maximum atomic E-state index is 11.0. The van der Waals surface area contributed by atoms with Crippen LogP contribution in [0.15, 0.2) is 49.2 Å². The second kappa shape index (κ2) is 5.88. The molecule has 20 heavy (non-hydrogen) atoms. The minimum atomic E-state index is -0.563. The van der Waals surface area contributed by atoms with Crippen molar-refractivity contribution in [3.8, 4) is 5.75 Å². The topological polar surface area (TPSA) is 88.2 Å². The third-order valence-electron chi connectivity index (χ3n) is 2.79. The zero-order chi connectivity index (χ0) is 14.5. The normalized spacial score (nSPS) is 10.0. The van der Waals surface area contributed by atoms with Gasteiger partial charge in [0.2, 0.25) is 5.91 Å². The van der Waals surface area contributed by atoms with Crippen LogP contribution >= 0.6 is 0 Å². The molecule has 0 aliphatic carbocycles. The second-order valence-corrected chi connectivity index (χ2v) is 4.30. The number of aromatic nitrogens is 1. The van der Waals surface area contributed by atoms with Crippen molar-refractivity contribution < 1.29 is 9.90 Å². The summed E-state index contributed by atoms with van der Waals surface area (Å²) < 4.78 is 0. The first-order valence-corrected chi connectivity index (χ1v) is 6.03. The lowest BCUT2D eigenvalue weighted by Gasteiger charge is -2.07. The second-order valence-electron chi connectivity index (χ2n) is 4.30. The van der Waals surface area contributed by atoms with E-state index in [1.807, 2.05) is 6.07 Å². The van der Waals surface area contributed by atoms with Crippen molar-refractivity contribution in [3.05, 3.63) is 60.3 Å². The summed E-state index contributed by atoms with van der Waals surface area (Å²) in [6.07, 6.45) is 1.54. The molecule has 2 aromatic rings. The number of benzene rings is 1. The number of nitrogens with one attached hydrogen (secondary N) is 1. The third-order valence-corrected chi connectivity index (χ3v) is 2.79. The molecule has 0 unspecified atom stereocenters. The van der Waals surface area contributed by atoms with E-state index in [0.717, 1.165) is 5.56 Å². The maximum Gasteiger partial charge on any atom is 0.248 e. The van der Waals surface area contributed by atoms with Gasteiger partial charge in [0.1, 0.15) is 11.6 Å². The van der Waals surface area contributed by atoms with Crippen molar-refractivity contribution in [2.75, 3.05) is 5.32 Å². The summed E-state index contributed by atoms with van der Waals surface area (Å²) >= 11 is 0. The Labute approximate surface area is 116 Å². The number of nitrogens with zero attached hydrogens (tertiary/aromatic N) is 1. The molecule has 4 N–H and O–H groups in total. The van der Waals surface area contributed by atoms with E-state index in [4.69, 9.17) is 5.73 Å². The molecule has 0 atom stereocenters. The van der Waals surface area contributed by atoms with E-state index in [-0.39, 0.29) is 11.3 Å². The van der Waals surface area contributed by atoms with E-state index in [2.05, 4.69) is 16.9 Å². The molecule has 5 heteroatoms. The Morgan fingerprint density at radius 3 is 2.75 bits per heavy atom. The summed E-state index contributed by atoms with van der Waals surface area (Å²) in [5.41, 5.74) is 6.92. The number of carbonyl (C=O) groups is 1. The molecule has 0 aliphatic heterocycles. The van der Waals surface area contributed by atoms with Crippen molar-refractivity contribution in [1.82, 2.24) is 4.98 Å². The molecule has 1 aromatic carbocycles. The van der Waals surface area contributed by atoms with Crippen molar-refractivity contribution in [1.29, 1.82) is 0 Å². The van der Waals surface area contributed by atoms with Crippen LogP contribution < -0.4 is 11.1 Å². The maximum absolute atomic E-state index is 11.0. The van der Waals surface area contributed by atoms with Gasteiger partial charge in [0.25, 0.3) is 0 Å². The predicted molar refractivity (Wildman–Crippen MR) is 77.9 cm³/mol. The molecule has 5 nitrogen and oxygen atoms in total. The highest BCUT2D eigenvalue weighted by Crippen LogP contribution is 2.15. The fraction of sp³-hybridized carbons (Fsp3) is 0.0667. The van der Waals surface area contributed by atoms with Crippen LogP contribution in [0.3, 0.4) is 0 Å². The van der Waals surface area contributed by atoms with Gasteiger partial charge in [-0.15, -0.1) is 0 Å². The molecule has 0 spiro atoms. The van der Waals surface area contributed by atoms with E-state index in [1.165, 1.54) is 6.20 Å². The first kappa shape index (κ1) is 13.6. The van der Waals surface area contributed by atoms with Gasteiger partial charge in [0.15, 0.2) is 0 Å². The molecule has 1 aromatic heterocycles. The van der Waals surface area contributed by atoms with Crippen molar-refractivity contribution in [3.63, 3.8) is 0 Å². The summed E-state index contributed by atoms with van der Waals surface area (Å²) in [6.45, 7) is 4.13. The molecule has 0 bridgehead atoms. The molecule has 0 saturated heterocycles. The molecular formula is C15H15N3O2. The summed E-state index contributed by atoms with van der Waals surface area (Å²) in [7, 11) is 0. The Morgan fingerprint density at radius 1 is 1.35 bits per heavy atom. The Kier molecular flexibility index (Phi) is 4.00. The zero-order valence-corrected chi connectivity index (χ0v) is 10.8. The van der Waals surface area contributed by atoms with Crippen LogP contribution in [-0.4, -0.2) is 16.0 Å². The van der Waals surface area contributed by atoms with E-state index in [1.54, 1.807) is 30.3 Å². The zero-order valence-electron chi connectivity index (χ0n) is 10.8. The predicted octanol–water partition coefficient (Wildman–Crippen LogP) is 1.90. The highest BCUT2D eigenvalue weighted by atomic mass is 16.3. The Morgan fingerprint density at radius 2 is 2.15 bits per heavy atom. The Hall–Kier alpha value is -2.82. The lowest BCUT2D eigenvalue weighted by Crippen LogP contribution is -2.12. The third kappa shape index (κ3) is 3.35. The first-order valence-electron chi connectivity index (χ1n) is 6.03. The van der Waals surface area contributed by atoms with Gasteiger partial charge < -0.3 is 16.2 Å². The number of nitrogens with two attached hydrogens (primary N) is 1. The summed E-state index contributed by atoms with van der Waals surface area (Å²) in [4.78, 5) is 15.2. The van der Waals surface area contributed by atoms with Crippen LogP contribution in [0.25, 0.3) is 5.57 Å². The van der Waals surface area contributed by atoms with Gasteiger partial charge in [0.05, 0.1) is 0 Å². The lowest BCUT2D eigenvalue weighted by molar-refractivity contribution is -0.112. The number of phenolic OH excluding ortho intramolecular Hbond substituents is 1. The molecular weight excluding hydrogens is 254 g/mol. The van der Waals surface area contributed by atoms with Gasteiger partial charge in [-0.05, 0) is 29.8 Å². The number of pyridine rings is 1. The number of anilines is 1. The molecule has 0 fully saturated rings. The van der Waals surface area contributed by atoms with Crippen LogP contribution in [0, 0.1) is 0 Å². The quantitative estimate of drug-likeness (QED) is 0.723. The fourth-order valence-electron chi connectivity index (χ4n) is 1.68. The summed E-state index contributed by atoms with van der Waals surface area (Å²) in [5, 5.41) is 12.5. The van der Waals surface area contributed by atoms with Crippen molar-refractivity contribution in [2.24, 2.45) is 5.73 Å². The molecule has 0 saturated carbocycles. The van der Waals surface area contributed by atoms with Crippen LogP contribution in [0.1, 0.15) is 11.1 Å². The number of amides is 1. The number of hydrogen-bond donors (Lipinski definition) is 3. The number of phenols is 1. The average Bonchev–Trinajstić information content (AvgIpc) is 2.45. The monoisotopic (exact) mass is 269 g/mol. The van der Waals surface area contributed by atoms with Crippen molar-refractivity contribution >= 4 is 17.3 Å². The van der Waals surface area contributed by atoms with Gasteiger partial charge >= 0.3 is 0 Å². The fourth-order valence-corrected chi connectivity index (χ4v) is 1.68. The van der Waals surface area contributed by atoms with Crippen LogP contribution in [0.4, 0.5) is 5.82 Å². The van der Waals surface area contributed by atoms with Gasteiger partial charge in [-0.2, -0.15) is 0 Å². The van der Waals surface area contributed by atoms with Crippen LogP contribution in [0.2, 0.25) is 0 Å². The molecule has 1 heterocycles. The molecule has 0 aliphatic rings. The number of carbonyl (C=O) groups excluding carboxylic acids is 1. The van der Waals surface area contributed by atoms with Gasteiger partial charge in [-0.1, -0.05) is 18.7 Å². The van der Waals surface area contributed by atoms with Crippen LogP contribution in [0.5, 0.6) is 5.75 Å². The number of primary amides is 1. The van der Waals surface area contributed by atoms with Gasteiger partial charge in [-0.3, -0.25) is 4.79 Å². The van der Waals surface area contributed by atoms with E-state index in [0.29, 0.717) is 17.9 Å². The minimum Gasteiger partial charge on any atom is -0.508 e. The summed E-state index contributed by atoms with van der Waals surface area (Å²) in [6, 6.07) is 10.4. The smallest absolute Gasteiger partial charge is 0.248 e. The van der Waals surface area contributed by atoms with Gasteiger partial charge in [-0.25, -0.2) is 4.98 Å². The Balaban J connectivity index is 2.01. The van der Waals surface area contributed by atoms with E-state index < -0.39 is 5.91 Å². The van der Waals surface area contributed by atoms with E-state index >= 15 is 0 Å². The largest absolute Gasteiger partial charge is 0.508 e. The first-order chi connectivity index (χ1) is 9.56. The average molecular weight is 269 g/mol. The SMILES string of the molecule is C=C(C(N)=O)c1ccc(NCc2cccc(O)c2)nc1. The molecule has 102 valence electrons. The number of rotatable bonds is 5. The lowest BCUT2D eigenvalue weighted by atomic mass is 10.1.